The Kier molecular flexibility index (Phi) is 5.16. The minimum absolute atomic E-state index is 0.303. The summed E-state index contributed by atoms with van der Waals surface area (Å²) < 4.78 is 2.07. The first-order chi connectivity index (χ1) is 11.5. The van der Waals surface area contributed by atoms with E-state index in [9.17, 15) is 9.90 Å². The summed E-state index contributed by atoms with van der Waals surface area (Å²) in [4.78, 5) is 15.7. The molecule has 0 aromatic carbocycles. The van der Waals surface area contributed by atoms with Crippen LogP contribution in [0.2, 0.25) is 10.2 Å². The average Bonchev–Trinajstić information content (AvgIpc) is 2.88. The predicted molar refractivity (Wildman–Crippen MR) is 96.0 cm³/mol. The normalized spacial score (nSPS) is 15.6. The van der Waals surface area contributed by atoms with E-state index in [2.05, 4.69) is 9.55 Å². The van der Waals surface area contributed by atoms with Gasteiger partial charge in [-0.1, -0.05) is 42.5 Å². The molecule has 0 atom stereocenters. The largest absolute Gasteiger partial charge is 0.478 e. The van der Waals surface area contributed by atoms with Crippen LogP contribution in [0.1, 0.15) is 48.2 Å². The van der Waals surface area contributed by atoms with Crippen molar-refractivity contribution in [2.24, 2.45) is 5.92 Å². The van der Waals surface area contributed by atoms with Crippen LogP contribution in [0, 0.1) is 12.8 Å². The van der Waals surface area contributed by atoms with Crippen LogP contribution in [0.4, 0.5) is 0 Å². The highest BCUT2D eigenvalue weighted by Gasteiger charge is 2.23. The second-order valence-corrected chi connectivity index (χ2v) is 7.23. The molecule has 1 N–H and O–H groups in total. The zero-order valence-corrected chi connectivity index (χ0v) is 15.1. The van der Waals surface area contributed by atoms with Crippen LogP contribution in [-0.4, -0.2) is 20.6 Å². The average molecular weight is 367 g/mol. The number of aromatic carboxylic acids is 1. The van der Waals surface area contributed by atoms with E-state index in [4.69, 9.17) is 23.2 Å². The Hall–Kier alpha value is -1.52. The molecular weight excluding hydrogens is 347 g/mol. The predicted octanol–water partition coefficient (Wildman–Crippen LogP) is 5.44. The minimum Gasteiger partial charge on any atom is -0.478 e. The first-order valence-electron chi connectivity index (χ1n) is 8.22. The van der Waals surface area contributed by atoms with E-state index in [1.165, 1.54) is 38.3 Å². The fraction of sp³-hybridized carbons (Fsp3) is 0.444. The van der Waals surface area contributed by atoms with E-state index in [1.807, 2.05) is 6.92 Å². The van der Waals surface area contributed by atoms with Gasteiger partial charge in [0, 0.05) is 24.0 Å². The first kappa shape index (κ1) is 17.3. The molecule has 128 valence electrons. The van der Waals surface area contributed by atoms with E-state index in [0.29, 0.717) is 27.2 Å². The van der Waals surface area contributed by atoms with E-state index in [1.54, 1.807) is 12.1 Å². The molecule has 2 aromatic rings. The zero-order chi connectivity index (χ0) is 17.3. The summed E-state index contributed by atoms with van der Waals surface area (Å²) in [5, 5.41) is 10.3. The maximum absolute atomic E-state index is 11.6. The van der Waals surface area contributed by atoms with Gasteiger partial charge < -0.3 is 9.67 Å². The number of carbonyl (C=O) groups is 1. The van der Waals surface area contributed by atoms with Crippen LogP contribution >= 0.6 is 23.2 Å². The summed E-state index contributed by atoms with van der Waals surface area (Å²) in [5.41, 5.74) is 2.50. The number of hydrogen-bond acceptors (Lipinski definition) is 2. The van der Waals surface area contributed by atoms with Crippen molar-refractivity contribution in [3.05, 3.63) is 39.8 Å². The van der Waals surface area contributed by atoms with Crippen molar-refractivity contribution in [1.82, 2.24) is 9.55 Å². The van der Waals surface area contributed by atoms with Gasteiger partial charge in [-0.15, -0.1) is 0 Å². The van der Waals surface area contributed by atoms with Crippen molar-refractivity contribution in [3.63, 3.8) is 0 Å². The number of pyridine rings is 1. The van der Waals surface area contributed by atoms with Gasteiger partial charge in [-0.25, -0.2) is 9.78 Å². The number of aromatic nitrogens is 2. The highest BCUT2D eigenvalue weighted by atomic mass is 35.5. The summed E-state index contributed by atoms with van der Waals surface area (Å²) in [6.07, 6.45) is 7.63. The number of carboxylic acid groups (broad SMARTS) is 1. The van der Waals surface area contributed by atoms with Crippen molar-refractivity contribution in [2.75, 3.05) is 0 Å². The number of rotatable bonds is 4. The molecule has 0 radical (unpaired) electrons. The third kappa shape index (κ3) is 3.45. The Labute approximate surface area is 151 Å². The van der Waals surface area contributed by atoms with E-state index < -0.39 is 5.97 Å². The smallest absolute Gasteiger partial charge is 0.337 e. The maximum Gasteiger partial charge on any atom is 0.337 e. The fourth-order valence-electron chi connectivity index (χ4n) is 3.55. The molecule has 2 heterocycles. The number of nitrogens with zero attached hydrogens (tertiary/aromatic N) is 2. The monoisotopic (exact) mass is 366 g/mol. The molecule has 1 saturated carbocycles. The van der Waals surface area contributed by atoms with E-state index in [-0.39, 0.29) is 0 Å². The van der Waals surface area contributed by atoms with Crippen molar-refractivity contribution in [2.45, 2.75) is 45.6 Å². The molecule has 0 spiro atoms. The molecule has 4 nitrogen and oxygen atoms in total. The van der Waals surface area contributed by atoms with E-state index >= 15 is 0 Å². The van der Waals surface area contributed by atoms with Crippen molar-refractivity contribution in [3.8, 4) is 11.3 Å². The first-order valence-corrected chi connectivity index (χ1v) is 8.97. The Bertz CT molecular complexity index is 765. The number of carboxylic acids is 1. The van der Waals surface area contributed by atoms with Crippen LogP contribution in [-0.2, 0) is 6.54 Å². The SMILES string of the molecule is Cc1c(C(=O)O)cc(-c2cc(Cl)cnc2Cl)n1CC1CCCCC1. The highest BCUT2D eigenvalue weighted by molar-refractivity contribution is 6.34. The van der Waals surface area contributed by atoms with Gasteiger partial charge in [-0.2, -0.15) is 0 Å². The van der Waals surface area contributed by atoms with E-state index in [0.717, 1.165) is 17.9 Å². The molecule has 0 bridgehead atoms. The summed E-state index contributed by atoms with van der Waals surface area (Å²) in [7, 11) is 0. The summed E-state index contributed by atoms with van der Waals surface area (Å²) in [6, 6.07) is 3.42. The Morgan fingerprint density at radius 2 is 2.00 bits per heavy atom. The lowest BCUT2D eigenvalue weighted by Gasteiger charge is -2.24. The molecule has 0 aliphatic heterocycles. The molecular formula is C18H20Cl2N2O2. The van der Waals surface area contributed by atoms with Crippen LogP contribution in [0.15, 0.2) is 18.3 Å². The van der Waals surface area contributed by atoms with Gasteiger partial charge in [0.1, 0.15) is 5.15 Å². The fourth-order valence-corrected chi connectivity index (χ4v) is 3.91. The lowest BCUT2D eigenvalue weighted by Crippen LogP contribution is -2.16. The second kappa shape index (κ2) is 7.16. The van der Waals surface area contributed by atoms with Crippen molar-refractivity contribution < 1.29 is 9.90 Å². The van der Waals surface area contributed by atoms with Crippen LogP contribution in [0.5, 0.6) is 0 Å². The van der Waals surface area contributed by atoms with Crippen molar-refractivity contribution in [1.29, 1.82) is 0 Å². The third-order valence-electron chi connectivity index (χ3n) is 4.84. The standard InChI is InChI=1S/C18H20Cl2N2O2/c1-11-14(18(23)24)8-16(15-7-13(19)9-21-17(15)20)22(11)10-12-5-3-2-4-6-12/h7-9,12H,2-6,10H2,1H3,(H,23,24). The molecule has 1 aliphatic carbocycles. The van der Waals surface area contributed by atoms with Gasteiger partial charge in [0.25, 0.3) is 0 Å². The molecule has 3 rings (SSSR count). The molecule has 0 saturated heterocycles. The Morgan fingerprint density at radius 3 is 2.67 bits per heavy atom. The second-order valence-electron chi connectivity index (χ2n) is 6.44. The van der Waals surface area contributed by atoms with Crippen LogP contribution in [0.3, 0.4) is 0 Å². The Morgan fingerprint density at radius 1 is 1.29 bits per heavy atom. The van der Waals surface area contributed by atoms with Gasteiger partial charge in [0.15, 0.2) is 0 Å². The summed E-state index contributed by atoms with van der Waals surface area (Å²) >= 11 is 12.3. The maximum atomic E-state index is 11.6. The highest BCUT2D eigenvalue weighted by Crippen LogP contribution is 2.34. The number of halogens is 2. The molecule has 2 aromatic heterocycles. The molecule has 0 amide bonds. The molecule has 24 heavy (non-hydrogen) atoms. The lowest BCUT2D eigenvalue weighted by molar-refractivity contribution is 0.0696. The van der Waals surface area contributed by atoms with Gasteiger partial charge in [0.2, 0.25) is 0 Å². The van der Waals surface area contributed by atoms with Gasteiger partial charge in [-0.3, -0.25) is 0 Å². The topological polar surface area (TPSA) is 55.1 Å². The van der Waals surface area contributed by atoms with Crippen molar-refractivity contribution >= 4 is 29.2 Å². The quantitative estimate of drug-likeness (QED) is 0.732. The molecule has 6 heteroatoms. The van der Waals surface area contributed by atoms with Gasteiger partial charge >= 0.3 is 5.97 Å². The minimum atomic E-state index is -0.928. The zero-order valence-electron chi connectivity index (χ0n) is 13.6. The van der Waals surface area contributed by atoms with Gasteiger partial charge in [-0.05, 0) is 37.8 Å². The lowest BCUT2D eigenvalue weighted by atomic mass is 9.89. The number of hydrogen-bond donors (Lipinski definition) is 1. The van der Waals surface area contributed by atoms with Gasteiger partial charge in [0.05, 0.1) is 16.3 Å². The Balaban J connectivity index is 2.08. The molecule has 0 unspecified atom stereocenters. The molecule has 1 fully saturated rings. The van der Waals surface area contributed by atoms with Crippen LogP contribution < -0.4 is 0 Å². The van der Waals surface area contributed by atoms with Crippen LogP contribution in [0.25, 0.3) is 11.3 Å². The summed E-state index contributed by atoms with van der Waals surface area (Å²) in [5.74, 6) is -0.363. The summed E-state index contributed by atoms with van der Waals surface area (Å²) in [6.45, 7) is 2.65. The molecule has 1 aliphatic rings. The third-order valence-corrected chi connectivity index (χ3v) is 5.35.